The number of rotatable bonds is 3. The van der Waals surface area contributed by atoms with Crippen molar-refractivity contribution in [1.29, 1.82) is 0 Å². The van der Waals surface area contributed by atoms with E-state index in [9.17, 15) is 13.9 Å². The van der Waals surface area contributed by atoms with Crippen molar-refractivity contribution < 1.29 is 18.6 Å². The van der Waals surface area contributed by atoms with Crippen molar-refractivity contribution in [3.8, 4) is 5.75 Å². The third kappa shape index (κ3) is 2.69. The summed E-state index contributed by atoms with van der Waals surface area (Å²) in [5.74, 6) is -1.28. The van der Waals surface area contributed by atoms with Gasteiger partial charge < -0.3 is 9.84 Å². The molecule has 0 bridgehead atoms. The highest BCUT2D eigenvalue weighted by molar-refractivity contribution is 6.32. The van der Waals surface area contributed by atoms with Crippen LogP contribution in [0.1, 0.15) is 17.2 Å². The number of ether oxygens (including phenoxy) is 1. The first-order valence-corrected chi connectivity index (χ1v) is 5.87. The Morgan fingerprint density at radius 2 is 1.79 bits per heavy atom. The minimum absolute atomic E-state index is 0.297. The Kier molecular flexibility index (Phi) is 4.02. The van der Waals surface area contributed by atoms with Crippen LogP contribution in [0.4, 0.5) is 8.78 Å². The minimum atomic E-state index is -1.42. The third-order valence-electron chi connectivity index (χ3n) is 2.76. The van der Waals surface area contributed by atoms with Gasteiger partial charge in [0.15, 0.2) is 0 Å². The molecule has 100 valence electrons. The number of aliphatic hydroxyl groups excluding tert-OH is 1. The Morgan fingerprint density at radius 1 is 1.16 bits per heavy atom. The van der Waals surface area contributed by atoms with Crippen LogP contribution in [0, 0.1) is 11.6 Å². The lowest BCUT2D eigenvalue weighted by Gasteiger charge is -2.14. The van der Waals surface area contributed by atoms with Gasteiger partial charge in [-0.05, 0) is 29.8 Å². The molecule has 0 spiro atoms. The van der Waals surface area contributed by atoms with Crippen LogP contribution in [-0.4, -0.2) is 12.2 Å². The molecule has 2 aromatic carbocycles. The highest BCUT2D eigenvalue weighted by atomic mass is 35.5. The lowest BCUT2D eigenvalue weighted by Crippen LogP contribution is -2.06. The van der Waals surface area contributed by atoms with Crippen molar-refractivity contribution in [2.45, 2.75) is 6.10 Å². The SMILES string of the molecule is COc1cc(C(O)c2c(F)cccc2F)ccc1Cl. The molecular formula is C14H11ClF2O2. The van der Waals surface area contributed by atoms with Gasteiger partial charge in [0.1, 0.15) is 23.5 Å². The van der Waals surface area contributed by atoms with Crippen molar-refractivity contribution in [2.75, 3.05) is 7.11 Å². The Morgan fingerprint density at radius 3 is 2.37 bits per heavy atom. The van der Waals surface area contributed by atoms with Gasteiger partial charge >= 0.3 is 0 Å². The van der Waals surface area contributed by atoms with E-state index in [1.165, 1.54) is 31.4 Å². The van der Waals surface area contributed by atoms with Crippen LogP contribution in [0.3, 0.4) is 0 Å². The molecule has 2 aromatic rings. The van der Waals surface area contributed by atoms with Gasteiger partial charge in [0, 0.05) is 0 Å². The fourth-order valence-corrected chi connectivity index (χ4v) is 1.98. The van der Waals surface area contributed by atoms with Crippen LogP contribution in [0.25, 0.3) is 0 Å². The van der Waals surface area contributed by atoms with Crippen LogP contribution >= 0.6 is 11.6 Å². The molecule has 19 heavy (non-hydrogen) atoms. The van der Waals surface area contributed by atoms with Gasteiger partial charge in [0.25, 0.3) is 0 Å². The normalized spacial score (nSPS) is 12.3. The summed E-state index contributed by atoms with van der Waals surface area (Å²) in [6, 6.07) is 7.85. The second-order valence-corrected chi connectivity index (χ2v) is 4.34. The molecule has 0 amide bonds. The van der Waals surface area contributed by atoms with Crippen molar-refractivity contribution in [1.82, 2.24) is 0 Å². The van der Waals surface area contributed by atoms with Crippen LogP contribution in [0.15, 0.2) is 36.4 Å². The molecule has 0 saturated heterocycles. The number of halogens is 3. The second-order valence-electron chi connectivity index (χ2n) is 3.93. The zero-order chi connectivity index (χ0) is 14.0. The van der Waals surface area contributed by atoms with Crippen LogP contribution in [-0.2, 0) is 0 Å². The maximum atomic E-state index is 13.6. The molecule has 1 atom stereocenters. The zero-order valence-corrected chi connectivity index (χ0v) is 10.8. The summed E-state index contributed by atoms with van der Waals surface area (Å²) in [6.45, 7) is 0. The summed E-state index contributed by atoms with van der Waals surface area (Å²) in [6.07, 6.45) is -1.42. The van der Waals surface area contributed by atoms with E-state index >= 15 is 0 Å². The summed E-state index contributed by atoms with van der Waals surface area (Å²) < 4.78 is 32.2. The molecule has 5 heteroatoms. The average Bonchev–Trinajstić information content (AvgIpc) is 2.39. The Balaban J connectivity index is 2.47. The molecule has 0 fully saturated rings. The molecule has 0 aromatic heterocycles. The van der Waals surface area contributed by atoms with Gasteiger partial charge in [0.05, 0.1) is 17.7 Å². The van der Waals surface area contributed by atoms with E-state index in [4.69, 9.17) is 16.3 Å². The van der Waals surface area contributed by atoms with Gasteiger partial charge in [-0.3, -0.25) is 0 Å². The molecule has 0 heterocycles. The predicted octanol–water partition coefficient (Wildman–Crippen LogP) is 3.71. The minimum Gasteiger partial charge on any atom is -0.495 e. The molecule has 2 rings (SSSR count). The molecule has 0 aliphatic rings. The first kappa shape index (κ1) is 13.8. The average molecular weight is 285 g/mol. The van der Waals surface area contributed by atoms with Crippen LogP contribution < -0.4 is 4.74 Å². The smallest absolute Gasteiger partial charge is 0.137 e. The number of benzene rings is 2. The van der Waals surface area contributed by atoms with E-state index in [1.807, 2.05) is 0 Å². The molecule has 0 radical (unpaired) electrons. The quantitative estimate of drug-likeness (QED) is 0.931. The summed E-state index contributed by atoms with van der Waals surface area (Å²) >= 11 is 5.85. The molecule has 1 unspecified atom stereocenters. The zero-order valence-electron chi connectivity index (χ0n) is 10.0. The van der Waals surface area contributed by atoms with Crippen molar-refractivity contribution in [3.63, 3.8) is 0 Å². The van der Waals surface area contributed by atoms with Crippen LogP contribution in [0.2, 0.25) is 5.02 Å². The summed E-state index contributed by atoms with van der Waals surface area (Å²) in [5, 5.41) is 10.4. The summed E-state index contributed by atoms with van der Waals surface area (Å²) in [5.41, 5.74) is -0.0999. The Labute approximate surface area is 114 Å². The highest BCUT2D eigenvalue weighted by Crippen LogP contribution is 2.32. The van der Waals surface area contributed by atoms with E-state index < -0.39 is 23.3 Å². The van der Waals surface area contributed by atoms with Gasteiger partial charge in [-0.1, -0.05) is 23.7 Å². The molecule has 0 aliphatic heterocycles. The van der Waals surface area contributed by atoms with Crippen molar-refractivity contribution >= 4 is 11.6 Å². The second kappa shape index (κ2) is 5.55. The molecular weight excluding hydrogens is 274 g/mol. The van der Waals surface area contributed by atoms with E-state index in [0.717, 1.165) is 12.1 Å². The summed E-state index contributed by atoms with van der Waals surface area (Å²) in [4.78, 5) is 0. The number of methoxy groups -OCH3 is 1. The maximum absolute atomic E-state index is 13.6. The molecule has 2 nitrogen and oxygen atoms in total. The first-order valence-electron chi connectivity index (χ1n) is 5.50. The molecule has 0 saturated carbocycles. The monoisotopic (exact) mass is 284 g/mol. The maximum Gasteiger partial charge on any atom is 0.137 e. The van der Waals surface area contributed by atoms with E-state index in [1.54, 1.807) is 0 Å². The fraction of sp³-hybridized carbons (Fsp3) is 0.143. The topological polar surface area (TPSA) is 29.5 Å². The number of aliphatic hydroxyl groups is 1. The van der Waals surface area contributed by atoms with Gasteiger partial charge in [-0.15, -0.1) is 0 Å². The largest absolute Gasteiger partial charge is 0.495 e. The Bertz CT molecular complexity index is 582. The third-order valence-corrected chi connectivity index (χ3v) is 3.08. The van der Waals surface area contributed by atoms with Crippen molar-refractivity contribution in [3.05, 3.63) is 64.2 Å². The number of hydrogen-bond donors (Lipinski definition) is 1. The standard InChI is InChI=1S/C14H11ClF2O2/c1-19-12-7-8(5-6-9(12)15)14(18)13-10(16)3-2-4-11(13)17/h2-7,14,18H,1H3. The number of hydrogen-bond acceptors (Lipinski definition) is 2. The van der Waals surface area contributed by atoms with E-state index in [-0.39, 0.29) is 0 Å². The van der Waals surface area contributed by atoms with Gasteiger partial charge in [-0.25, -0.2) is 8.78 Å². The molecule has 1 N–H and O–H groups in total. The van der Waals surface area contributed by atoms with Crippen molar-refractivity contribution in [2.24, 2.45) is 0 Å². The summed E-state index contributed by atoms with van der Waals surface area (Å²) in [7, 11) is 1.42. The van der Waals surface area contributed by atoms with E-state index in [0.29, 0.717) is 16.3 Å². The Hall–Kier alpha value is -1.65. The lowest BCUT2D eigenvalue weighted by atomic mass is 10.0. The van der Waals surface area contributed by atoms with Gasteiger partial charge in [-0.2, -0.15) is 0 Å². The van der Waals surface area contributed by atoms with Gasteiger partial charge in [0.2, 0.25) is 0 Å². The first-order chi connectivity index (χ1) is 9.04. The lowest BCUT2D eigenvalue weighted by molar-refractivity contribution is 0.208. The predicted molar refractivity (Wildman–Crippen MR) is 68.4 cm³/mol. The molecule has 0 aliphatic carbocycles. The highest BCUT2D eigenvalue weighted by Gasteiger charge is 2.20. The van der Waals surface area contributed by atoms with Crippen LogP contribution in [0.5, 0.6) is 5.75 Å². The van der Waals surface area contributed by atoms with E-state index in [2.05, 4.69) is 0 Å². The fourth-order valence-electron chi connectivity index (χ4n) is 1.79.